The Bertz CT molecular complexity index is 2350. The highest BCUT2D eigenvalue weighted by molar-refractivity contribution is 7.10. The number of pyridine rings is 1. The van der Waals surface area contributed by atoms with Crippen molar-refractivity contribution in [1.82, 2.24) is 35.2 Å². The fourth-order valence-electron chi connectivity index (χ4n) is 9.56. The summed E-state index contributed by atoms with van der Waals surface area (Å²) in [6.07, 6.45) is 3.52. The summed E-state index contributed by atoms with van der Waals surface area (Å²) in [6.45, 7) is 13.5. The quantitative estimate of drug-likeness (QED) is 0.237. The summed E-state index contributed by atoms with van der Waals surface area (Å²) < 4.78 is 20.0. The molecule has 0 unspecified atom stereocenters. The molecule has 0 radical (unpaired) electrons. The lowest BCUT2D eigenvalue weighted by molar-refractivity contribution is -0.189. The van der Waals surface area contributed by atoms with E-state index in [1.54, 1.807) is 7.11 Å². The number of esters is 1. The van der Waals surface area contributed by atoms with Gasteiger partial charge in [0, 0.05) is 98.5 Å². The molecule has 4 fully saturated rings. The second-order valence-corrected chi connectivity index (χ2v) is 19.5. The van der Waals surface area contributed by atoms with Crippen LogP contribution in [0.2, 0.25) is 0 Å². The maximum absolute atomic E-state index is 14.2. The van der Waals surface area contributed by atoms with Gasteiger partial charge in [-0.05, 0) is 55.9 Å². The van der Waals surface area contributed by atoms with Gasteiger partial charge >= 0.3 is 5.97 Å². The van der Waals surface area contributed by atoms with E-state index in [4.69, 9.17) is 24.2 Å². The zero-order chi connectivity index (χ0) is 42.8. The summed E-state index contributed by atoms with van der Waals surface area (Å²) >= 11 is 1.44. The number of thiazole rings is 1. The number of hydrazine groups is 1. The highest BCUT2D eigenvalue weighted by Crippen LogP contribution is 2.43. The number of nitrogens with one attached hydrogen (secondary N) is 2. The van der Waals surface area contributed by atoms with E-state index in [1.807, 2.05) is 25.4 Å². The third-order valence-corrected chi connectivity index (χ3v) is 14.3. The Morgan fingerprint density at radius 3 is 2.77 bits per heavy atom. The predicted molar refractivity (Wildman–Crippen MR) is 231 cm³/mol. The lowest BCUT2D eigenvalue weighted by atomic mass is 9.84. The van der Waals surface area contributed by atoms with Gasteiger partial charge in [-0.1, -0.05) is 26.8 Å². The van der Waals surface area contributed by atoms with Crippen LogP contribution in [0.3, 0.4) is 0 Å². The van der Waals surface area contributed by atoms with Crippen molar-refractivity contribution in [2.45, 2.75) is 83.7 Å². The molecule has 3 N–H and O–H groups in total. The number of carbonyl (C=O) groups excluding carboxylic acids is 3. The standard InChI is InChI=1S/C45H58N8O7S/c1-26-16-31(26)41(54)48-35-19-38-47-36(24-61-38)28-8-9-37-32(17-28)34(20-44(3,4)25-60-43(56)45(57)10-7-11-53(49-45)42(35)55)40(50(37)5)33-18-29(21-46-39(33)27(2)58-6)52-13-12-51-14-15-59-23-30(51)22-52/h8-9,17-18,21,24,26-27,30-31,35,49,57H,7,10-16,19-20,22-23,25H2,1-6H3,(H,48,54)/t26-,27-,30-,31-,35-,45-/m0/s1. The lowest BCUT2D eigenvalue weighted by Gasteiger charge is -2.44. The molecule has 15 nitrogen and oxygen atoms in total. The Balaban J connectivity index is 1.15. The third-order valence-electron chi connectivity index (χ3n) is 13.4. The fourth-order valence-corrected chi connectivity index (χ4v) is 10.4. The maximum atomic E-state index is 14.2. The normalized spacial score (nSPS) is 27.6. The van der Waals surface area contributed by atoms with Crippen molar-refractivity contribution in [2.24, 2.45) is 24.3 Å². The summed E-state index contributed by atoms with van der Waals surface area (Å²) in [7, 11) is 3.79. The molecular formula is C45H58N8O7S. The smallest absolute Gasteiger partial charge is 0.355 e. The number of benzene rings is 1. The summed E-state index contributed by atoms with van der Waals surface area (Å²) in [6, 6.07) is 8.00. The van der Waals surface area contributed by atoms with Crippen LogP contribution in [-0.4, -0.2) is 125 Å². The average Bonchev–Trinajstić information content (AvgIpc) is 3.71. The molecule has 1 aliphatic carbocycles. The molecule has 7 heterocycles. The Labute approximate surface area is 360 Å². The number of nitrogens with zero attached hydrogens (tertiary/aromatic N) is 6. The van der Waals surface area contributed by atoms with E-state index in [2.05, 4.69) is 70.3 Å². The van der Waals surface area contributed by atoms with Gasteiger partial charge in [0.05, 0.1) is 65.9 Å². The van der Waals surface area contributed by atoms with Crippen molar-refractivity contribution in [1.29, 1.82) is 0 Å². The minimum atomic E-state index is -2.13. The van der Waals surface area contributed by atoms with Gasteiger partial charge in [0.2, 0.25) is 11.6 Å². The highest BCUT2D eigenvalue weighted by atomic mass is 32.1. The first-order chi connectivity index (χ1) is 29.2. The maximum Gasteiger partial charge on any atom is 0.355 e. The van der Waals surface area contributed by atoms with E-state index >= 15 is 0 Å². The minimum Gasteiger partial charge on any atom is -0.462 e. The van der Waals surface area contributed by atoms with Gasteiger partial charge in [-0.15, -0.1) is 11.3 Å². The molecule has 3 saturated heterocycles. The van der Waals surface area contributed by atoms with Crippen molar-refractivity contribution in [3.63, 3.8) is 0 Å². The number of methoxy groups -OCH3 is 1. The van der Waals surface area contributed by atoms with Crippen LogP contribution in [0.25, 0.3) is 33.4 Å². The second kappa shape index (κ2) is 16.3. The Hall–Kier alpha value is -4.45. The van der Waals surface area contributed by atoms with Crippen LogP contribution >= 0.6 is 11.3 Å². The number of ether oxygens (including phenoxy) is 3. The van der Waals surface area contributed by atoms with Crippen LogP contribution in [0, 0.1) is 17.3 Å². The molecule has 326 valence electrons. The van der Waals surface area contributed by atoms with Gasteiger partial charge in [0.15, 0.2) is 0 Å². The molecule has 4 aromatic rings. The molecule has 1 saturated carbocycles. The van der Waals surface area contributed by atoms with Crippen LogP contribution in [0.15, 0.2) is 35.8 Å². The number of carbonyl (C=O) groups is 3. The molecule has 4 aliphatic heterocycles. The first-order valence-electron chi connectivity index (χ1n) is 21.7. The summed E-state index contributed by atoms with van der Waals surface area (Å²) in [5.74, 6) is -1.38. The van der Waals surface area contributed by atoms with Crippen molar-refractivity contribution in [3.8, 4) is 22.5 Å². The highest BCUT2D eigenvalue weighted by Gasteiger charge is 2.46. The van der Waals surface area contributed by atoms with E-state index in [9.17, 15) is 19.5 Å². The number of amides is 2. The number of fused-ring (bicyclic) bond motifs is 7. The van der Waals surface area contributed by atoms with Gasteiger partial charge in [-0.2, -0.15) is 5.43 Å². The zero-order valence-electron chi connectivity index (χ0n) is 36.0. The molecule has 0 spiro atoms. The number of aliphatic hydroxyl groups is 1. The summed E-state index contributed by atoms with van der Waals surface area (Å²) in [4.78, 5) is 56.4. The van der Waals surface area contributed by atoms with Crippen LogP contribution < -0.4 is 15.6 Å². The lowest BCUT2D eigenvalue weighted by Crippen LogP contribution is -2.67. The van der Waals surface area contributed by atoms with E-state index < -0.39 is 29.1 Å². The summed E-state index contributed by atoms with van der Waals surface area (Å²) in [5, 5.41) is 19.7. The first-order valence-corrected chi connectivity index (χ1v) is 22.5. The van der Waals surface area contributed by atoms with Crippen molar-refractivity contribution >= 4 is 45.7 Å². The van der Waals surface area contributed by atoms with E-state index in [-0.39, 0.29) is 49.8 Å². The number of aromatic nitrogens is 3. The van der Waals surface area contributed by atoms with Crippen LogP contribution in [0.1, 0.15) is 69.3 Å². The zero-order valence-corrected chi connectivity index (χ0v) is 36.8. The predicted octanol–water partition coefficient (Wildman–Crippen LogP) is 4.22. The molecule has 3 aromatic heterocycles. The van der Waals surface area contributed by atoms with Crippen molar-refractivity contribution in [2.75, 3.05) is 64.6 Å². The Kier molecular flexibility index (Phi) is 11.2. The van der Waals surface area contributed by atoms with Crippen LogP contribution in [0.4, 0.5) is 5.69 Å². The van der Waals surface area contributed by atoms with Crippen LogP contribution in [-0.2, 0) is 48.5 Å². The number of hydrogen-bond acceptors (Lipinski definition) is 13. The number of rotatable bonds is 6. The molecule has 61 heavy (non-hydrogen) atoms. The molecule has 5 aliphatic rings. The largest absolute Gasteiger partial charge is 0.462 e. The second-order valence-electron chi connectivity index (χ2n) is 18.5. The minimum absolute atomic E-state index is 0.000345. The van der Waals surface area contributed by atoms with Gasteiger partial charge in [0.25, 0.3) is 5.91 Å². The average molecular weight is 855 g/mol. The van der Waals surface area contributed by atoms with E-state index in [0.29, 0.717) is 30.5 Å². The molecule has 2 amide bonds. The van der Waals surface area contributed by atoms with E-state index in [1.165, 1.54) is 16.3 Å². The number of aryl methyl sites for hydroxylation is 1. The topological polar surface area (TPSA) is 164 Å². The molecule has 9 rings (SSSR count). The molecule has 6 atom stereocenters. The number of morpholine rings is 1. The molecule has 1 aromatic carbocycles. The number of anilines is 1. The first kappa shape index (κ1) is 41.9. The molecule has 6 bridgehead atoms. The molecular weight excluding hydrogens is 797 g/mol. The van der Waals surface area contributed by atoms with Crippen molar-refractivity contribution < 1.29 is 33.7 Å². The number of hydrogen-bond donors (Lipinski definition) is 3. The van der Waals surface area contributed by atoms with Gasteiger partial charge in [-0.25, -0.2) is 9.78 Å². The third kappa shape index (κ3) is 8.18. The van der Waals surface area contributed by atoms with Gasteiger partial charge in [0.1, 0.15) is 6.04 Å². The van der Waals surface area contributed by atoms with E-state index in [0.717, 1.165) is 89.6 Å². The SMILES string of the molecule is CO[C@@H](C)c1ncc(N2CCN3CCOC[C@@H]3C2)cc1-c1c2c3cc(ccc3n1C)-c1csc(n1)C[C@H](NC(=O)[C@H]1C[C@@H]1C)C(=O)N1CCC[C@@](O)(N1)C(=O)OCC(C)(C)C2. The van der Waals surface area contributed by atoms with Gasteiger partial charge in [-0.3, -0.25) is 24.5 Å². The number of cyclic esters (lactones) is 1. The number of piperazine rings is 1. The fraction of sp³-hybridized carbons (Fsp3) is 0.578. The Morgan fingerprint density at radius 1 is 1.16 bits per heavy atom. The molecule has 16 heteroatoms. The monoisotopic (exact) mass is 854 g/mol. The summed E-state index contributed by atoms with van der Waals surface area (Å²) in [5.41, 5.74) is 7.66. The Morgan fingerprint density at radius 2 is 1.98 bits per heavy atom. The van der Waals surface area contributed by atoms with Gasteiger partial charge < -0.3 is 34.1 Å². The van der Waals surface area contributed by atoms with Crippen LogP contribution in [0.5, 0.6) is 0 Å². The van der Waals surface area contributed by atoms with Crippen molar-refractivity contribution in [3.05, 3.63) is 52.1 Å².